The van der Waals surface area contributed by atoms with Gasteiger partial charge in [0, 0.05) is 52.9 Å². The quantitative estimate of drug-likeness (QED) is 0.0395. The summed E-state index contributed by atoms with van der Waals surface area (Å²) in [6, 6.07) is 100. The molecule has 124 heavy (non-hydrogen) atoms. The van der Waals surface area contributed by atoms with Gasteiger partial charge in [-0.3, -0.25) is 0 Å². The standard InChI is InChI=1S/4C21H19N2O2.4C4H8O.4Cu/c4*1-24-19-12-8-17(9-13-19)22-21(16-6-4-3-5-7-16)23-18-10-14-20(25-2)15-11-18;4*1-2-4-5-3-1;;;;/h4*3-15H,1-2H3;4*1-4H2;;;;/q4*-1;;;;;4*+1. The van der Waals surface area contributed by atoms with Crippen molar-refractivity contribution in [2.45, 2.75) is 51.4 Å². The van der Waals surface area contributed by atoms with Crippen LogP contribution >= 0.6 is 0 Å². The van der Waals surface area contributed by atoms with E-state index in [9.17, 15) is 0 Å². The molecule has 4 fully saturated rings. The third-order valence-corrected chi connectivity index (χ3v) is 17.9. The van der Waals surface area contributed by atoms with Crippen LogP contribution in [0.5, 0.6) is 46.0 Å². The van der Waals surface area contributed by atoms with Gasteiger partial charge in [-0.25, -0.2) is 0 Å². The van der Waals surface area contributed by atoms with E-state index in [1.807, 2.05) is 315 Å². The van der Waals surface area contributed by atoms with E-state index in [-0.39, 0.29) is 68.3 Å². The zero-order valence-corrected chi connectivity index (χ0v) is 74.8. The number of aliphatic imine (C=N–C) groups is 4. The van der Waals surface area contributed by atoms with Gasteiger partial charge in [0.05, 0.1) is 56.9 Å². The van der Waals surface area contributed by atoms with Crippen molar-refractivity contribution in [3.63, 3.8) is 0 Å². The second-order valence-electron chi connectivity index (χ2n) is 26.5. The minimum Gasteiger partial charge on any atom is -0.497 e. The Morgan fingerprint density at radius 3 is 0.452 bits per heavy atom. The Kier molecular flexibility index (Phi) is 51.7. The number of benzene rings is 12. The maximum Gasteiger partial charge on any atom is 1.00 e. The number of rotatable bonds is 20. The van der Waals surface area contributed by atoms with Crippen LogP contribution in [0.2, 0.25) is 0 Å². The zero-order chi connectivity index (χ0) is 84.1. The van der Waals surface area contributed by atoms with Crippen LogP contribution in [0, 0.1) is 0 Å². The van der Waals surface area contributed by atoms with E-state index in [0.717, 1.165) is 167 Å². The van der Waals surface area contributed by atoms with E-state index in [4.69, 9.17) is 98.1 Å². The summed E-state index contributed by atoms with van der Waals surface area (Å²) in [5.74, 6) is 8.98. The summed E-state index contributed by atoms with van der Waals surface area (Å²) in [4.78, 5) is 18.8. The van der Waals surface area contributed by atoms with Crippen LogP contribution in [-0.2, 0) is 87.2 Å². The molecule has 0 unspecified atom stereocenters. The molecule has 0 aliphatic carbocycles. The molecular formula is C100H108Cu4N8O12. The number of nitrogens with zero attached hydrogens (tertiary/aromatic N) is 8. The molecule has 0 aromatic heterocycles. The van der Waals surface area contributed by atoms with Crippen LogP contribution in [0.3, 0.4) is 0 Å². The average Bonchev–Trinajstić information content (AvgIpc) is 1.30. The Balaban J connectivity index is 0.000000269. The molecule has 16 rings (SSSR count). The second kappa shape index (κ2) is 62.0. The summed E-state index contributed by atoms with van der Waals surface area (Å²) in [6.07, 6.45) is 10.2. The molecular weight excluding hydrogens is 1760 g/mol. The Labute approximate surface area is 774 Å². The fourth-order valence-electron chi connectivity index (χ4n) is 11.2. The molecule has 664 valence electrons. The van der Waals surface area contributed by atoms with Crippen LogP contribution in [-0.4, -0.2) is 133 Å². The molecule has 12 aromatic carbocycles. The van der Waals surface area contributed by atoms with E-state index in [1.165, 1.54) is 51.4 Å². The zero-order valence-electron chi connectivity index (χ0n) is 71.0. The molecule has 0 N–H and O–H groups in total. The third kappa shape index (κ3) is 39.1. The SMILES string of the molecule is C1CCOC1.C1CCOC1.C1CCOC1.C1CCOC1.COc1ccc(N=C([N-]c2ccc(OC)cc2)c2ccccc2)cc1.COc1ccc(N=C([N-]c2ccc(OC)cc2)c2ccccc2)cc1.COc1ccc(N=C([N-]c2ccc(OC)cc2)c2ccccc2)cc1.COc1ccc(N=C([N-]c2ccc(OC)cc2)c2ccccc2)cc1.[Cu+].[Cu+].[Cu+].[Cu+]. The van der Waals surface area contributed by atoms with Crippen molar-refractivity contribution in [1.29, 1.82) is 0 Å². The normalized spacial score (nSPS) is 12.8. The fraction of sp³-hybridized carbons (Fsp3) is 0.240. The van der Waals surface area contributed by atoms with Gasteiger partial charge in [-0.2, -0.15) is 0 Å². The maximum atomic E-state index is 5.19. The molecule has 0 saturated carbocycles. The number of hydrogen-bond acceptors (Lipinski definition) is 16. The molecule has 4 aliphatic heterocycles. The Hall–Kier alpha value is -11.2. The predicted molar refractivity (Wildman–Crippen MR) is 487 cm³/mol. The molecule has 0 spiro atoms. The van der Waals surface area contributed by atoms with Gasteiger partial charge >= 0.3 is 68.3 Å². The largest absolute Gasteiger partial charge is 1.00 e. The van der Waals surface area contributed by atoms with Crippen molar-refractivity contribution in [2.75, 3.05) is 110 Å². The van der Waals surface area contributed by atoms with Crippen molar-refractivity contribution in [3.8, 4) is 46.0 Å². The molecule has 24 heteroatoms. The van der Waals surface area contributed by atoms with Crippen LogP contribution in [0.4, 0.5) is 45.5 Å². The molecule has 0 bridgehead atoms. The van der Waals surface area contributed by atoms with Crippen molar-refractivity contribution in [2.24, 2.45) is 20.0 Å². The Morgan fingerprint density at radius 1 is 0.194 bits per heavy atom. The first-order valence-corrected chi connectivity index (χ1v) is 40.0. The van der Waals surface area contributed by atoms with Crippen LogP contribution in [0.1, 0.15) is 73.6 Å². The molecule has 20 nitrogen and oxygen atoms in total. The summed E-state index contributed by atoms with van der Waals surface area (Å²) in [5, 5.41) is 18.8. The van der Waals surface area contributed by atoms with Crippen LogP contribution in [0.15, 0.2) is 335 Å². The van der Waals surface area contributed by atoms with Crippen molar-refractivity contribution >= 4 is 68.8 Å². The van der Waals surface area contributed by atoms with E-state index < -0.39 is 0 Å². The van der Waals surface area contributed by atoms with Gasteiger partial charge < -0.3 is 98.1 Å². The minimum absolute atomic E-state index is 0. The van der Waals surface area contributed by atoms with E-state index in [2.05, 4.69) is 0 Å². The number of methoxy groups -OCH3 is 8. The summed E-state index contributed by atoms with van der Waals surface area (Å²) >= 11 is 0. The molecule has 4 saturated heterocycles. The van der Waals surface area contributed by atoms with Gasteiger partial charge in [-0.05, 0) is 216 Å². The van der Waals surface area contributed by atoms with Gasteiger partial charge in [0.1, 0.15) is 46.0 Å². The second-order valence-corrected chi connectivity index (χ2v) is 26.5. The van der Waals surface area contributed by atoms with Crippen molar-refractivity contribution < 1.29 is 125 Å². The van der Waals surface area contributed by atoms with E-state index in [1.54, 1.807) is 56.9 Å². The summed E-state index contributed by atoms with van der Waals surface area (Å²) in [5.41, 5.74) is 10.3. The van der Waals surface area contributed by atoms with Gasteiger partial charge in [0.25, 0.3) is 0 Å². The topological polar surface area (TPSA) is 217 Å². The minimum atomic E-state index is 0. The summed E-state index contributed by atoms with van der Waals surface area (Å²) < 4.78 is 61.3. The molecule has 0 amide bonds. The van der Waals surface area contributed by atoms with Gasteiger partial charge in [-0.1, -0.05) is 242 Å². The maximum absolute atomic E-state index is 5.19. The number of ether oxygens (including phenoxy) is 12. The molecule has 4 aliphatic rings. The van der Waals surface area contributed by atoms with Crippen molar-refractivity contribution in [1.82, 2.24) is 0 Å². The third-order valence-electron chi connectivity index (χ3n) is 17.9. The fourth-order valence-corrected chi connectivity index (χ4v) is 11.2. The predicted octanol–water partition coefficient (Wildman–Crippen LogP) is 25.1. The first-order chi connectivity index (χ1) is 59.1. The number of hydrogen-bond donors (Lipinski definition) is 0. The van der Waals surface area contributed by atoms with E-state index >= 15 is 0 Å². The van der Waals surface area contributed by atoms with Gasteiger partial charge in [0.2, 0.25) is 0 Å². The molecule has 0 radical (unpaired) electrons. The molecule has 12 aromatic rings. The Morgan fingerprint density at radius 2 is 0.331 bits per heavy atom. The monoisotopic (exact) mass is 1860 g/mol. The molecule has 4 heterocycles. The van der Waals surface area contributed by atoms with Gasteiger partial charge in [-0.15, -0.1) is 0 Å². The first-order valence-electron chi connectivity index (χ1n) is 40.0. The summed E-state index contributed by atoms with van der Waals surface area (Å²) in [7, 11) is 13.2. The Bertz CT molecular complexity index is 4230. The first kappa shape index (κ1) is 103. The summed E-state index contributed by atoms with van der Waals surface area (Å²) in [6.45, 7) is 8.00. The number of amidine groups is 4. The average molecular weight is 1870 g/mol. The van der Waals surface area contributed by atoms with E-state index in [0.29, 0.717) is 23.3 Å². The van der Waals surface area contributed by atoms with Gasteiger partial charge in [0.15, 0.2) is 0 Å². The smallest absolute Gasteiger partial charge is 0.497 e. The van der Waals surface area contributed by atoms with Crippen LogP contribution < -0.4 is 37.9 Å². The van der Waals surface area contributed by atoms with Crippen molar-refractivity contribution in [3.05, 3.63) is 359 Å². The molecule has 0 atom stereocenters. The van der Waals surface area contributed by atoms with Crippen LogP contribution in [0.25, 0.3) is 21.3 Å².